The SMILES string of the molecule is O=C(NN=Cc1ccc(-c2ccc(C(=O)O)cc2)o1)NNc1ccc(C(F)(F)F)cc1. The molecule has 0 aliphatic rings. The highest BCUT2D eigenvalue weighted by Gasteiger charge is 2.29. The number of alkyl halides is 3. The molecule has 160 valence electrons. The van der Waals surface area contributed by atoms with Gasteiger partial charge in [-0.05, 0) is 48.5 Å². The van der Waals surface area contributed by atoms with Gasteiger partial charge in [0, 0.05) is 5.56 Å². The van der Waals surface area contributed by atoms with Crippen LogP contribution in [0.15, 0.2) is 70.2 Å². The summed E-state index contributed by atoms with van der Waals surface area (Å²) < 4.78 is 43.1. The fourth-order valence-electron chi connectivity index (χ4n) is 2.41. The van der Waals surface area contributed by atoms with Gasteiger partial charge < -0.3 is 9.52 Å². The van der Waals surface area contributed by atoms with Crippen LogP contribution in [0.4, 0.5) is 23.7 Å². The molecule has 0 saturated heterocycles. The van der Waals surface area contributed by atoms with Crippen molar-refractivity contribution in [3.8, 4) is 11.3 Å². The Bertz CT molecular complexity index is 1090. The summed E-state index contributed by atoms with van der Waals surface area (Å²) >= 11 is 0. The number of nitrogens with zero attached hydrogens (tertiary/aromatic N) is 1. The van der Waals surface area contributed by atoms with Crippen molar-refractivity contribution in [2.24, 2.45) is 5.10 Å². The molecule has 3 aromatic rings. The number of hydrazone groups is 1. The first-order chi connectivity index (χ1) is 14.7. The average Bonchev–Trinajstić information content (AvgIpc) is 3.21. The number of carbonyl (C=O) groups is 2. The van der Waals surface area contributed by atoms with Gasteiger partial charge in [-0.1, -0.05) is 12.1 Å². The number of hydrogen-bond donors (Lipinski definition) is 4. The molecule has 0 unspecified atom stereocenters. The first-order valence-corrected chi connectivity index (χ1v) is 8.68. The molecule has 0 bridgehead atoms. The van der Waals surface area contributed by atoms with Crippen LogP contribution in [0.3, 0.4) is 0 Å². The number of furan rings is 1. The van der Waals surface area contributed by atoms with Crippen LogP contribution in [-0.4, -0.2) is 23.3 Å². The topological polar surface area (TPSA) is 116 Å². The van der Waals surface area contributed by atoms with E-state index in [0.29, 0.717) is 17.1 Å². The van der Waals surface area contributed by atoms with E-state index in [9.17, 15) is 22.8 Å². The molecular weight excluding hydrogens is 417 g/mol. The average molecular weight is 432 g/mol. The number of rotatable bonds is 6. The Morgan fingerprint density at radius 3 is 2.26 bits per heavy atom. The molecule has 0 radical (unpaired) electrons. The first-order valence-electron chi connectivity index (χ1n) is 8.68. The van der Waals surface area contributed by atoms with E-state index in [2.05, 4.69) is 21.4 Å². The Morgan fingerprint density at radius 1 is 0.968 bits per heavy atom. The smallest absolute Gasteiger partial charge is 0.416 e. The summed E-state index contributed by atoms with van der Waals surface area (Å²) in [5.74, 6) is -0.226. The minimum absolute atomic E-state index is 0.150. The lowest BCUT2D eigenvalue weighted by Crippen LogP contribution is -2.36. The van der Waals surface area contributed by atoms with Gasteiger partial charge in [-0.3, -0.25) is 10.9 Å². The molecule has 1 heterocycles. The number of carbonyl (C=O) groups excluding carboxylic acids is 1. The van der Waals surface area contributed by atoms with Crippen LogP contribution < -0.4 is 16.3 Å². The van der Waals surface area contributed by atoms with E-state index in [-0.39, 0.29) is 11.3 Å². The van der Waals surface area contributed by atoms with E-state index >= 15 is 0 Å². The predicted molar refractivity (Wildman–Crippen MR) is 105 cm³/mol. The zero-order valence-electron chi connectivity index (χ0n) is 15.6. The molecule has 11 heteroatoms. The van der Waals surface area contributed by atoms with Gasteiger partial charge in [0.25, 0.3) is 0 Å². The van der Waals surface area contributed by atoms with Gasteiger partial charge in [0.2, 0.25) is 0 Å². The van der Waals surface area contributed by atoms with Crippen molar-refractivity contribution in [3.05, 3.63) is 77.6 Å². The van der Waals surface area contributed by atoms with Crippen molar-refractivity contribution >= 4 is 23.9 Å². The molecule has 0 fully saturated rings. The third-order valence-corrected chi connectivity index (χ3v) is 3.93. The summed E-state index contributed by atoms with van der Waals surface area (Å²) in [5.41, 5.74) is 7.07. The Balaban J connectivity index is 1.49. The zero-order chi connectivity index (χ0) is 22.4. The van der Waals surface area contributed by atoms with Gasteiger partial charge in [0.05, 0.1) is 23.0 Å². The van der Waals surface area contributed by atoms with Crippen molar-refractivity contribution in [1.82, 2.24) is 10.9 Å². The maximum absolute atomic E-state index is 12.5. The van der Waals surface area contributed by atoms with Crippen LogP contribution in [0, 0.1) is 0 Å². The third-order valence-electron chi connectivity index (χ3n) is 3.93. The maximum Gasteiger partial charge on any atom is 0.416 e. The van der Waals surface area contributed by atoms with Crippen molar-refractivity contribution < 1.29 is 32.3 Å². The number of urea groups is 1. The molecule has 0 aliphatic heterocycles. The normalized spacial score (nSPS) is 11.3. The summed E-state index contributed by atoms with van der Waals surface area (Å²) in [6.45, 7) is 0. The van der Waals surface area contributed by atoms with Gasteiger partial charge in [-0.25, -0.2) is 15.0 Å². The molecular formula is C20H15F3N4O4. The Hall–Kier alpha value is -4.28. The first kappa shape index (κ1) is 21.4. The van der Waals surface area contributed by atoms with Crippen LogP contribution >= 0.6 is 0 Å². The van der Waals surface area contributed by atoms with Crippen LogP contribution in [-0.2, 0) is 6.18 Å². The molecule has 0 aliphatic carbocycles. The Morgan fingerprint density at radius 2 is 1.65 bits per heavy atom. The van der Waals surface area contributed by atoms with E-state index in [4.69, 9.17) is 9.52 Å². The molecule has 0 spiro atoms. The summed E-state index contributed by atoms with van der Waals surface area (Å²) in [7, 11) is 0. The molecule has 1 aromatic heterocycles. The second-order valence-electron chi connectivity index (χ2n) is 6.11. The van der Waals surface area contributed by atoms with Crippen molar-refractivity contribution in [1.29, 1.82) is 0 Å². The number of hydrazine groups is 1. The number of halogens is 3. The predicted octanol–water partition coefficient (Wildman–Crippen LogP) is 4.32. The number of nitrogens with one attached hydrogen (secondary N) is 3. The van der Waals surface area contributed by atoms with Gasteiger partial charge in [-0.2, -0.15) is 18.3 Å². The van der Waals surface area contributed by atoms with Gasteiger partial charge in [0.15, 0.2) is 0 Å². The standard InChI is InChI=1S/C20H15F3N4O4/c21-20(22,23)14-5-7-15(8-6-14)25-27-19(30)26-24-11-16-9-10-17(31-16)12-1-3-13(4-2-12)18(28)29/h1-11,25H,(H,28,29)(H2,26,27,30). The second kappa shape index (κ2) is 9.03. The zero-order valence-corrected chi connectivity index (χ0v) is 15.6. The number of benzene rings is 2. The number of aromatic carboxylic acids is 1. The van der Waals surface area contributed by atoms with E-state index in [1.807, 2.05) is 0 Å². The summed E-state index contributed by atoms with van der Waals surface area (Å²) in [4.78, 5) is 22.6. The largest absolute Gasteiger partial charge is 0.478 e. The minimum Gasteiger partial charge on any atom is -0.478 e. The van der Waals surface area contributed by atoms with Crippen molar-refractivity contribution in [2.45, 2.75) is 6.18 Å². The molecule has 31 heavy (non-hydrogen) atoms. The summed E-state index contributed by atoms with van der Waals surface area (Å²) in [5, 5.41) is 12.6. The number of carboxylic acid groups (broad SMARTS) is 1. The molecule has 2 aromatic carbocycles. The number of carboxylic acids is 1. The highest BCUT2D eigenvalue weighted by molar-refractivity contribution is 5.88. The molecule has 4 N–H and O–H groups in total. The number of hydrogen-bond acceptors (Lipinski definition) is 5. The van der Waals surface area contributed by atoms with Crippen LogP contribution in [0.2, 0.25) is 0 Å². The van der Waals surface area contributed by atoms with Crippen molar-refractivity contribution in [2.75, 3.05) is 5.43 Å². The van der Waals surface area contributed by atoms with Gasteiger partial charge >= 0.3 is 18.2 Å². The van der Waals surface area contributed by atoms with E-state index in [1.165, 1.54) is 30.5 Å². The molecule has 3 rings (SSSR count). The maximum atomic E-state index is 12.5. The monoisotopic (exact) mass is 432 g/mol. The van der Waals surface area contributed by atoms with E-state index < -0.39 is 23.7 Å². The van der Waals surface area contributed by atoms with Crippen LogP contribution in [0.1, 0.15) is 21.7 Å². The summed E-state index contributed by atoms with van der Waals surface area (Å²) in [6.07, 6.45) is -3.20. The number of anilines is 1. The molecule has 0 saturated carbocycles. The van der Waals surface area contributed by atoms with E-state index in [0.717, 1.165) is 12.1 Å². The van der Waals surface area contributed by atoms with Crippen molar-refractivity contribution in [3.63, 3.8) is 0 Å². The quantitative estimate of drug-likeness (QED) is 0.342. The number of amides is 2. The lowest BCUT2D eigenvalue weighted by Gasteiger charge is -2.10. The fraction of sp³-hybridized carbons (Fsp3) is 0.0500. The Kier molecular flexibility index (Phi) is 6.24. The van der Waals surface area contributed by atoms with Crippen LogP contribution in [0.5, 0.6) is 0 Å². The molecule has 2 amide bonds. The third kappa shape index (κ3) is 5.85. The van der Waals surface area contributed by atoms with Gasteiger partial charge in [-0.15, -0.1) is 0 Å². The lowest BCUT2D eigenvalue weighted by molar-refractivity contribution is -0.137. The Labute approximate surface area is 173 Å². The van der Waals surface area contributed by atoms with E-state index in [1.54, 1.807) is 24.3 Å². The highest BCUT2D eigenvalue weighted by Crippen LogP contribution is 2.29. The van der Waals surface area contributed by atoms with Crippen LogP contribution in [0.25, 0.3) is 11.3 Å². The highest BCUT2D eigenvalue weighted by atomic mass is 19.4. The van der Waals surface area contributed by atoms with Gasteiger partial charge in [0.1, 0.15) is 11.5 Å². The summed E-state index contributed by atoms with van der Waals surface area (Å²) in [6, 6.07) is 12.7. The fourth-order valence-corrected chi connectivity index (χ4v) is 2.41. The second-order valence-corrected chi connectivity index (χ2v) is 6.11. The minimum atomic E-state index is -4.44. The molecule has 8 nitrogen and oxygen atoms in total. The lowest BCUT2D eigenvalue weighted by atomic mass is 10.1. The molecule has 0 atom stereocenters.